The number of hydrogen-bond donors (Lipinski definition) is 2. The predicted octanol–water partition coefficient (Wildman–Crippen LogP) is 4.79. The van der Waals surface area contributed by atoms with Gasteiger partial charge in [-0.05, 0) is 43.3 Å². The Kier molecular flexibility index (Phi) is 5.04. The van der Waals surface area contributed by atoms with Gasteiger partial charge in [-0.2, -0.15) is 0 Å². The summed E-state index contributed by atoms with van der Waals surface area (Å²) < 4.78 is 0.910. The highest BCUT2D eigenvalue weighted by Gasteiger charge is 2.12. The normalized spacial score (nSPS) is 10.2. The Balaban J connectivity index is 2.26. The topological polar surface area (TPSA) is 41.1 Å². The van der Waals surface area contributed by atoms with Crippen LogP contribution in [0.25, 0.3) is 0 Å². The first-order chi connectivity index (χ1) is 9.60. The maximum absolute atomic E-state index is 12.3. The van der Waals surface area contributed by atoms with Crippen LogP contribution in [-0.2, 0) is 0 Å². The lowest BCUT2D eigenvalue weighted by atomic mass is 10.1. The number of rotatable bonds is 4. The third kappa shape index (κ3) is 3.74. The molecule has 0 aliphatic carbocycles. The van der Waals surface area contributed by atoms with E-state index >= 15 is 0 Å². The van der Waals surface area contributed by atoms with Crippen LogP contribution in [0.1, 0.15) is 17.3 Å². The van der Waals surface area contributed by atoms with Crippen molar-refractivity contribution in [3.63, 3.8) is 0 Å². The second-order valence-electron chi connectivity index (χ2n) is 4.18. The molecule has 0 heterocycles. The van der Waals surface area contributed by atoms with Gasteiger partial charge in [0.2, 0.25) is 0 Å². The molecule has 2 N–H and O–H groups in total. The Hall–Kier alpha value is -1.52. The summed E-state index contributed by atoms with van der Waals surface area (Å²) in [5, 5.41) is 6.54. The zero-order valence-corrected chi connectivity index (χ0v) is 13.3. The van der Waals surface area contributed by atoms with Crippen molar-refractivity contribution in [2.75, 3.05) is 17.2 Å². The minimum Gasteiger partial charge on any atom is -0.385 e. The van der Waals surface area contributed by atoms with E-state index in [0.29, 0.717) is 10.6 Å². The third-order valence-corrected chi connectivity index (χ3v) is 3.40. The molecule has 0 saturated heterocycles. The zero-order valence-electron chi connectivity index (χ0n) is 10.9. The van der Waals surface area contributed by atoms with E-state index in [9.17, 15) is 4.79 Å². The molecule has 0 fully saturated rings. The van der Waals surface area contributed by atoms with Crippen LogP contribution in [0.2, 0.25) is 5.02 Å². The number of carbonyl (C=O) groups is 1. The molecule has 104 valence electrons. The Morgan fingerprint density at radius 3 is 2.75 bits per heavy atom. The highest BCUT2D eigenvalue weighted by atomic mass is 79.9. The van der Waals surface area contributed by atoms with Crippen molar-refractivity contribution in [2.45, 2.75) is 6.92 Å². The lowest BCUT2D eigenvalue weighted by Crippen LogP contribution is -2.14. The average Bonchev–Trinajstić information content (AvgIpc) is 2.41. The summed E-state index contributed by atoms with van der Waals surface area (Å²) >= 11 is 9.35. The molecule has 0 bridgehead atoms. The van der Waals surface area contributed by atoms with Crippen LogP contribution >= 0.6 is 27.5 Å². The number of nitrogens with one attached hydrogen (secondary N) is 2. The summed E-state index contributed by atoms with van der Waals surface area (Å²) in [7, 11) is 0. The first-order valence-corrected chi connectivity index (χ1v) is 7.37. The van der Waals surface area contributed by atoms with Crippen LogP contribution in [0.5, 0.6) is 0 Å². The van der Waals surface area contributed by atoms with Crippen LogP contribution in [0.3, 0.4) is 0 Å². The van der Waals surface area contributed by atoms with E-state index in [0.717, 1.165) is 22.4 Å². The van der Waals surface area contributed by atoms with E-state index in [-0.39, 0.29) is 5.91 Å². The van der Waals surface area contributed by atoms with Gasteiger partial charge in [0.1, 0.15) is 0 Å². The van der Waals surface area contributed by atoms with Gasteiger partial charge in [0.05, 0.1) is 5.56 Å². The number of amides is 1. The maximum atomic E-state index is 12.3. The van der Waals surface area contributed by atoms with Crippen molar-refractivity contribution in [3.8, 4) is 0 Å². The zero-order chi connectivity index (χ0) is 14.5. The van der Waals surface area contributed by atoms with Crippen LogP contribution in [0.15, 0.2) is 46.9 Å². The molecular weight excluding hydrogens is 340 g/mol. The SMILES string of the molecule is CCNc1ccc(Cl)cc1C(=O)Nc1cccc(Br)c1. The molecule has 0 spiro atoms. The van der Waals surface area contributed by atoms with Gasteiger partial charge >= 0.3 is 0 Å². The summed E-state index contributed by atoms with van der Waals surface area (Å²) in [6, 6.07) is 12.7. The molecule has 0 atom stereocenters. The maximum Gasteiger partial charge on any atom is 0.257 e. The molecule has 20 heavy (non-hydrogen) atoms. The lowest BCUT2D eigenvalue weighted by Gasteiger charge is -2.11. The highest BCUT2D eigenvalue weighted by molar-refractivity contribution is 9.10. The molecule has 0 radical (unpaired) electrons. The van der Waals surface area contributed by atoms with Crippen molar-refractivity contribution in [1.82, 2.24) is 0 Å². The minimum atomic E-state index is -0.193. The van der Waals surface area contributed by atoms with Crippen LogP contribution in [0, 0.1) is 0 Å². The first kappa shape index (κ1) is 14.9. The number of carbonyl (C=O) groups excluding carboxylic acids is 1. The largest absolute Gasteiger partial charge is 0.385 e. The van der Waals surface area contributed by atoms with Crippen molar-refractivity contribution in [3.05, 3.63) is 57.5 Å². The van der Waals surface area contributed by atoms with Gasteiger partial charge < -0.3 is 10.6 Å². The molecule has 1 amide bonds. The summed E-state index contributed by atoms with van der Waals surface area (Å²) in [6.45, 7) is 2.71. The smallest absolute Gasteiger partial charge is 0.257 e. The fourth-order valence-corrected chi connectivity index (χ4v) is 2.38. The fraction of sp³-hybridized carbons (Fsp3) is 0.133. The van der Waals surface area contributed by atoms with E-state index < -0.39 is 0 Å². The van der Waals surface area contributed by atoms with Gasteiger partial charge in [-0.15, -0.1) is 0 Å². The van der Waals surface area contributed by atoms with Gasteiger partial charge in [0.25, 0.3) is 5.91 Å². The van der Waals surface area contributed by atoms with Crippen LogP contribution in [-0.4, -0.2) is 12.5 Å². The Labute approximate surface area is 131 Å². The molecule has 0 unspecified atom stereocenters. The molecule has 2 rings (SSSR count). The number of halogens is 2. The highest BCUT2D eigenvalue weighted by Crippen LogP contribution is 2.23. The summed E-state index contributed by atoms with van der Waals surface area (Å²) in [4.78, 5) is 12.3. The molecule has 0 aromatic heterocycles. The van der Waals surface area contributed by atoms with Gasteiger partial charge in [-0.3, -0.25) is 4.79 Å². The van der Waals surface area contributed by atoms with Crippen LogP contribution < -0.4 is 10.6 Å². The van der Waals surface area contributed by atoms with Crippen LogP contribution in [0.4, 0.5) is 11.4 Å². The molecule has 3 nitrogen and oxygen atoms in total. The van der Waals surface area contributed by atoms with Gasteiger partial charge in [0.15, 0.2) is 0 Å². The molecule has 5 heteroatoms. The van der Waals surface area contributed by atoms with Crippen molar-refractivity contribution < 1.29 is 4.79 Å². The number of anilines is 2. The van der Waals surface area contributed by atoms with E-state index in [1.54, 1.807) is 12.1 Å². The van der Waals surface area contributed by atoms with Gasteiger partial charge in [-0.25, -0.2) is 0 Å². The predicted molar refractivity (Wildman–Crippen MR) is 87.7 cm³/mol. The molecule has 2 aromatic carbocycles. The molecular formula is C15H14BrClN2O. The number of hydrogen-bond acceptors (Lipinski definition) is 2. The Bertz CT molecular complexity index is 631. The van der Waals surface area contributed by atoms with Crippen molar-refractivity contribution in [2.24, 2.45) is 0 Å². The second-order valence-corrected chi connectivity index (χ2v) is 5.54. The second kappa shape index (κ2) is 6.77. The van der Waals surface area contributed by atoms with E-state index in [1.807, 2.05) is 37.3 Å². The molecule has 0 saturated carbocycles. The average molecular weight is 354 g/mol. The summed E-state index contributed by atoms with van der Waals surface area (Å²) in [6.07, 6.45) is 0. The molecule has 0 aliphatic rings. The van der Waals surface area contributed by atoms with E-state index in [4.69, 9.17) is 11.6 Å². The fourth-order valence-electron chi connectivity index (χ4n) is 1.81. The van der Waals surface area contributed by atoms with Crippen molar-refractivity contribution in [1.29, 1.82) is 0 Å². The number of benzene rings is 2. The molecule has 2 aromatic rings. The Morgan fingerprint density at radius 1 is 1.25 bits per heavy atom. The summed E-state index contributed by atoms with van der Waals surface area (Å²) in [5.74, 6) is -0.193. The lowest BCUT2D eigenvalue weighted by molar-refractivity contribution is 0.102. The minimum absolute atomic E-state index is 0.193. The van der Waals surface area contributed by atoms with E-state index in [1.165, 1.54) is 0 Å². The van der Waals surface area contributed by atoms with Crippen molar-refractivity contribution >= 4 is 44.8 Å². The first-order valence-electron chi connectivity index (χ1n) is 6.20. The third-order valence-electron chi connectivity index (χ3n) is 2.68. The quantitative estimate of drug-likeness (QED) is 0.830. The molecule has 0 aliphatic heterocycles. The Morgan fingerprint density at radius 2 is 2.05 bits per heavy atom. The van der Waals surface area contributed by atoms with E-state index in [2.05, 4.69) is 26.6 Å². The summed E-state index contributed by atoms with van der Waals surface area (Å²) in [5.41, 5.74) is 2.02. The monoisotopic (exact) mass is 352 g/mol. The van der Waals surface area contributed by atoms with Gasteiger partial charge in [0, 0.05) is 27.4 Å². The van der Waals surface area contributed by atoms with Gasteiger partial charge in [-0.1, -0.05) is 33.6 Å². The standard InChI is InChI=1S/C15H14BrClN2O/c1-2-18-14-7-6-11(17)9-13(14)15(20)19-12-5-3-4-10(16)8-12/h3-9,18H,2H2,1H3,(H,19,20).